The van der Waals surface area contributed by atoms with Crippen LogP contribution in [-0.2, 0) is 20.8 Å². The van der Waals surface area contributed by atoms with Crippen LogP contribution in [0, 0.1) is 12.3 Å². The number of fused-ring (bicyclic) bond motifs is 1. The van der Waals surface area contributed by atoms with Crippen LogP contribution in [0.4, 0.5) is 0 Å². The first-order chi connectivity index (χ1) is 17.5. The van der Waals surface area contributed by atoms with Gasteiger partial charge in [0.15, 0.2) is 6.04 Å². The Hall–Kier alpha value is -3.74. The van der Waals surface area contributed by atoms with E-state index in [1.54, 1.807) is 13.0 Å². The molecule has 3 rings (SSSR count). The SMILES string of the molecule is CCc1ccc2oc(C(O)C(NC(=O)CCNC(=O)C(N)CC3=CCNC3C(=N)N)C(=O)O)c(C)c2c1. The van der Waals surface area contributed by atoms with Crippen LogP contribution in [0.25, 0.3) is 11.0 Å². The first-order valence-corrected chi connectivity index (χ1v) is 12.0. The lowest BCUT2D eigenvalue weighted by Crippen LogP contribution is -2.47. The molecule has 0 bridgehead atoms. The van der Waals surface area contributed by atoms with E-state index in [2.05, 4.69) is 16.0 Å². The van der Waals surface area contributed by atoms with E-state index >= 15 is 0 Å². The minimum atomic E-state index is -1.65. The predicted molar refractivity (Wildman–Crippen MR) is 137 cm³/mol. The number of amidine groups is 1. The summed E-state index contributed by atoms with van der Waals surface area (Å²) in [4.78, 5) is 36.6. The zero-order valence-corrected chi connectivity index (χ0v) is 20.8. The van der Waals surface area contributed by atoms with Crippen molar-refractivity contribution in [1.29, 1.82) is 5.41 Å². The molecule has 2 amide bonds. The maximum atomic E-state index is 12.4. The highest BCUT2D eigenvalue weighted by atomic mass is 16.4. The molecule has 0 saturated carbocycles. The van der Waals surface area contributed by atoms with Gasteiger partial charge in [-0.25, -0.2) is 4.79 Å². The maximum absolute atomic E-state index is 12.4. The topological polar surface area (TPSA) is 217 Å². The fourth-order valence-corrected chi connectivity index (χ4v) is 4.31. The molecule has 0 spiro atoms. The number of benzene rings is 1. The van der Waals surface area contributed by atoms with Gasteiger partial charge in [0, 0.05) is 30.5 Å². The Labute approximate surface area is 214 Å². The van der Waals surface area contributed by atoms with Crippen molar-refractivity contribution >= 4 is 34.6 Å². The number of carbonyl (C=O) groups excluding carboxylic acids is 2. The number of nitrogens with one attached hydrogen (secondary N) is 4. The lowest BCUT2D eigenvalue weighted by atomic mass is 10.0. The van der Waals surface area contributed by atoms with Gasteiger partial charge < -0.3 is 42.0 Å². The molecule has 1 aromatic heterocycles. The molecule has 12 nitrogen and oxygen atoms in total. The number of furan rings is 1. The third-order valence-corrected chi connectivity index (χ3v) is 6.42. The molecule has 0 saturated heterocycles. The van der Waals surface area contributed by atoms with Gasteiger partial charge in [-0.05, 0) is 43.0 Å². The van der Waals surface area contributed by atoms with Crippen LogP contribution in [0.1, 0.15) is 42.8 Å². The molecule has 0 aliphatic carbocycles. The molecule has 12 heteroatoms. The number of carbonyl (C=O) groups is 3. The normalized spacial score (nSPS) is 17.6. The second-order valence-corrected chi connectivity index (χ2v) is 9.03. The summed E-state index contributed by atoms with van der Waals surface area (Å²) >= 11 is 0. The Morgan fingerprint density at radius 3 is 2.70 bits per heavy atom. The molecular formula is C25H34N6O6. The van der Waals surface area contributed by atoms with E-state index in [0.717, 1.165) is 22.9 Å². The average molecular weight is 515 g/mol. The highest BCUT2D eigenvalue weighted by molar-refractivity contribution is 5.88. The summed E-state index contributed by atoms with van der Waals surface area (Å²) in [6, 6.07) is 2.56. The molecule has 2 aromatic rings. The molecular weight excluding hydrogens is 480 g/mol. The van der Waals surface area contributed by atoms with E-state index in [4.69, 9.17) is 21.3 Å². The maximum Gasteiger partial charge on any atom is 0.329 e. The van der Waals surface area contributed by atoms with Gasteiger partial charge in [-0.2, -0.15) is 0 Å². The average Bonchev–Trinajstić information content (AvgIpc) is 3.45. The monoisotopic (exact) mass is 514 g/mol. The number of aliphatic carboxylic acids is 1. The molecule has 1 aromatic carbocycles. The zero-order chi connectivity index (χ0) is 27.3. The lowest BCUT2D eigenvalue weighted by molar-refractivity contribution is -0.145. The van der Waals surface area contributed by atoms with Crippen molar-refractivity contribution in [3.63, 3.8) is 0 Å². The van der Waals surface area contributed by atoms with E-state index in [0.29, 0.717) is 17.7 Å². The standard InChI is InChI=1S/C25H34N6O6/c1-3-13-4-5-17-15(10-13)12(2)22(37-17)21(33)20(25(35)36)31-18(32)7-9-30-24(34)16(26)11-14-6-8-29-19(14)23(27)28/h4-6,10,16,19-21,29,33H,3,7-9,11,26H2,1-2H3,(H3,27,28)(H,30,34)(H,31,32)(H,35,36). The summed E-state index contributed by atoms with van der Waals surface area (Å²) in [6.45, 7) is 4.17. The van der Waals surface area contributed by atoms with Gasteiger partial charge in [0.2, 0.25) is 11.8 Å². The van der Waals surface area contributed by atoms with Crippen LogP contribution >= 0.6 is 0 Å². The summed E-state index contributed by atoms with van der Waals surface area (Å²) in [6.07, 6.45) is 0.982. The highest BCUT2D eigenvalue weighted by Crippen LogP contribution is 2.32. The van der Waals surface area contributed by atoms with Gasteiger partial charge in [-0.15, -0.1) is 0 Å². The number of carboxylic acids is 1. The molecule has 10 N–H and O–H groups in total. The predicted octanol–water partition coefficient (Wildman–Crippen LogP) is -0.0357. The first kappa shape index (κ1) is 27.8. The highest BCUT2D eigenvalue weighted by Gasteiger charge is 2.33. The van der Waals surface area contributed by atoms with E-state index in [1.165, 1.54) is 0 Å². The summed E-state index contributed by atoms with van der Waals surface area (Å²) in [5, 5.41) is 36.6. The van der Waals surface area contributed by atoms with Gasteiger partial charge in [-0.1, -0.05) is 19.1 Å². The number of aliphatic hydroxyl groups is 1. The van der Waals surface area contributed by atoms with Crippen molar-refractivity contribution in [3.05, 3.63) is 46.7 Å². The summed E-state index contributed by atoms with van der Waals surface area (Å²) in [5.74, 6) is -2.61. The third-order valence-electron chi connectivity index (χ3n) is 6.42. The van der Waals surface area contributed by atoms with Gasteiger partial charge in [0.1, 0.15) is 23.3 Å². The van der Waals surface area contributed by atoms with E-state index in [1.807, 2.05) is 25.1 Å². The van der Waals surface area contributed by atoms with Crippen LogP contribution in [0.2, 0.25) is 0 Å². The molecule has 4 unspecified atom stereocenters. The van der Waals surface area contributed by atoms with Crippen LogP contribution in [-0.4, -0.2) is 65.0 Å². The number of nitrogens with two attached hydrogens (primary N) is 2. The largest absolute Gasteiger partial charge is 0.480 e. The van der Waals surface area contributed by atoms with Crippen LogP contribution in [0.3, 0.4) is 0 Å². The number of amides is 2. The zero-order valence-electron chi connectivity index (χ0n) is 20.8. The molecule has 0 fully saturated rings. The molecule has 1 aliphatic rings. The fourth-order valence-electron chi connectivity index (χ4n) is 4.31. The van der Waals surface area contributed by atoms with Gasteiger partial charge in [0.05, 0.1) is 12.1 Å². The van der Waals surface area contributed by atoms with Crippen molar-refractivity contribution in [3.8, 4) is 0 Å². The van der Waals surface area contributed by atoms with Crippen molar-refractivity contribution in [1.82, 2.24) is 16.0 Å². The van der Waals surface area contributed by atoms with Gasteiger partial charge in [-0.3, -0.25) is 15.0 Å². The van der Waals surface area contributed by atoms with Crippen molar-refractivity contribution < 1.29 is 29.0 Å². The fraction of sp³-hybridized carbons (Fsp3) is 0.440. The summed E-state index contributed by atoms with van der Waals surface area (Å²) in [5.41, 5.74) is 14.4. The number of aryl methyl sites for hydroxylation is 2. The molecule has 4 atom stereocenters. The molecule has 2 heterocycles. The van der Waals surface area contributed by atoms with Gasteiger partial charge >= 0.3 is 5.97 Å². The Bertz CT molecular complexity index is 1220. The minimum absolute atomic E-state index is 0.0632. The number of hydrogen-bond acceptors (Lipinski definition) is 8. The van der Waals surface area contributed by atoms with E-state index in [9.17, 15) is 24.6 Å². The van der Waals surface area contributed by atoms with Crippen molar-refractivity contribution in [2.75, 3.05) is 13.1 Å². The quantitative estimate of drug-likeness (QED) is 0.108. The smallest absolute Gasteiger partial charge is 0.329 e. The van der Waals surface area contributed by atoms with Crippen LogP contribution in [0.15, 0.2) is 34.3 Å². The van der Waals surface area contributed by atoms with Crippen LogP contribution < -0.4 is 27.4 Å². The van der Waals surface area contributed by atoms with Gasteiger partial charge in [0.25, 0.3) is 0 Å². The molecule has 1 aliphatic heterocycles. The third kappa shape index (κ3) is 6.53. The molecule has 200 valence electrons. The Morgan fingerprint density at radius 1 is 1.32 bits per heavy atom. The van der Waals surface area contributed by atoms with E-state index in [-0.39, 0.29) is 31.0 Å². The molecule has 0 radical (unpaired) electrons. The van der Waals surface area contributed by atoms with E-state index < -0.39 is 42.0 Å². The molecule has 37 heavy (non-hydrogen) atoms. The van der Waals surface area contributed by atoms with Crippen molar-refractivity contribution in [2.24, 2.45) is 11.5 Å². The van der Waals surface area contributed by atoms with Crippen LogP contribution in [0.5, 0.6) is 0 Å². The lowest BCUT2D eigenvalue weighted by Gasteiger charge is -2.20. The summed E-state index contributed by atoms with van der Waals surface area (Å²) < 4.78 is 5.72. The number of aliphatic hydroxyl groups excluding tert-OH is 1. The first-order valence-electron chi connectivity index (χ1n) is 12.0. The number of rotatable bonds is 12. The second kappa shape index (κ2) is 12.0. The minimum Gasteiger partial charge on any atom is -0.480 e. The second-order valence-electron chi connectivity index (χ2n) is 9.03. The summed E-state index contributed by atoms with van der Waals surface area (Å²) in [7, 11) is 0. The number of hydrogen-bond donors (Lipinski definition) is 8. The number of carboxylic acid groups (broad SMARTS) is 1. The Morgan fingerprint density at radius 2 is 2.05 bits per heavy atom. The van der Waals surface area contributed by atoms with Crippen molar-refractivity contribution in [2.45, 2.75) is 57.3 Å². The Balaban J connectivity index is 1.55. The Kier molecular flexibility index (Phi) is 9.03.